The molecule has 3 aromatic rings. The molecule has 1 fully saturated rings. The molecule has 1 saturated heterocycles. The highest BCUT2D eigenvalue weighted by Gasteiger charge is 2.26. The first-order chi connectivity index (χ1) is 12.8. The van der Waals surface area contributed by atoms with Gasteiger partial charge in [0.2, 0.25) is 5.91 Å². The summed E-state index contributed by atoms with van der Waals surface area (Å²) in [5.74, 6) is 1.66. The molecule has 1 aliphatic heterocycles. The average Bonchev–Trinajstić information content (AvgIpc) is 3.35. The number of nitrogens with zero attached hydrogens (tertiary/aromatic N) is 5. The van der Waals surface area contributed by atoms with Gasteiger partial charge in [-0.25, -0.2) is 9.97 Å². The van der Waals surface area contributed by atoms with Crippen molar-refractivity contribution in [2.45, 2.75) is 31.7 Å². The minimum atomic E-state index is 0.160. The van der Waals surface area contributed by atoms with Gasteiger partial charge in [-0.2, -0.15) is 0 Å². The Labute approximate surface area is 156 Å². The Balaban J connectivity index is 1.35. The summed E-state index contributed by atoms with van der Waals surface area (Å²) in [6.07, 6.45) is 7.89. The third-order valence-electron chi connectivity index (χ3n) is 4.83. The van der Waals surface area contributed by atoms with Crippen molar-refractivity contribution in [2.75, 3.05) is 13.1 Å². The minimum Gasteiger partial charge on any atom is -0.342 e. The van der Waals surface area contributed by atoms with E-state index in [1.54, 1.807) is 17.5 Å². The van der Waals surface area contributed by atoms with Crippen molar-refractivity contribution in [2.24, 2.45) is 0 Å². The number of carbonyl (C=O) groups is 1. The number of hydrogen-bond donors (Lipinski definition) is 0. The minimum absolute atomic E-state index is 0.160. The number of amides is 1. The van der Waals surface area contributed by atoms with Gasteiger partial charge in [-0.1, -0.05) is 6.07 Å². The number of aromatic nitrogens is 4. The van der Waals surface area contributed by atoms with E-state index in [1.807, 2.05) is 41.0 Å². The Bertz CT molecular complexity index is 838. The van der Waals surface area contributed by atoms with E-state index in [0.29, 0.717) is 12.3 Å². The van der Waals surface area contributed by atoms with Gasteiger partial charge in [0.1, 0.15) is 5.82 Å². The molecule has 4 rings (SSSR count). The maximum atomic E-state index is 12.5. The molecule has 0 saturated carbocycles. The van der Waals surface area contributed by atoms with Gasteiger partial charge in [-0.05, 0) is 25.0 Å². The molecule has 0 spiro atoms. The van der Waals surface area contributed by atoms with E-state index in [0.717, 1.165) is 49.7 Å². The van der Waals surface area contributed by atoms with Gasteiger partial charge >= 0.3 is 0 Å². The number of likely N-dealkylation sites (tertiary alicyclic amines) is 1. The molecule has 6 nitrogen and oxygen atoms in total. The van der Waals surface area contributed by atoms with Gasteiger partial charge in [0.15, 0.2) is 0 Å². The molecular formula is C19H21N5OS. The fourth-order valence-electron chi connectivity index (χ4n) is 3.46. The van der Waals surface area contributed by atoms with Crippen LogP contribution in [-0.4, -0.2) is 43.4 Å². The zero-order valence-electron chi connectivity index (χ0n) is 14.5. The molecule has 0 bridgehead atoms. The van der Waals surface area contributed by atoms with E-state index in [2.05, 4.69) is 24.9 Å². The fourth-order valence-corrected chi connectivity index (χ4v) is 4.01. The molecule has 1 aliphatic rings. The van der Waals surface area contributed by atoms with Gasteiger partial charge in [0.05, 0.1) is 24.2 Å². The second kappa shape index (κ2) is 7.78. The Kier molecular flexibility index (Phi) is 5.06. The van der Waals surface area contributed by atoms with Gasteiger partial charge in [-0.3, -0.25) is 9.78 Å². The zero-order chi connectivity index (χ0) is 17.8. The summed E-state index contributed by atoms with van der Waals surface area (Å²) in [5, 5.41) is 2.07. The Hall–Kier alpha value is -2.54. The van der Waals surface area contributed by atoms with E-state index in [1.165, 1.54) is 0 Å². The molecule has 134 valence electrons. The predicted molar refractivity (Wildman–Crippen MR) is 99.9 cm³/mol. The molecule has 0 aliphatic carbocycles. The summed E-state index contributed by atoms with van der Waals surface area (Å²) < 4.78 is 2.19. The second-order valence-corrected chi connectivity index (χ2v) is 7.26. The maximum absolute atomic E-state index is 12.5. The second-order valence-electron chi connectivity index (χ2n) is 6.55. The first-order valence-corrected chi connectivity index (χ1v) is 9.79. The van der Waals surface area contributed by atoms with Crippen LogP contribution >= 0.6 is 11.3 Å². The summed E-state index contributed by atoms with van der Waals surface area (Å²) in [6.45, 7) is 2.32. The molecule has 1 amide bonds. The predicted octanol–water partition coefficient (Wildman–Crippen LogP) is 2.73. The smallest absolute Gasteiger partial charge is 0.228 e. The van der Waals surface area contributed by atoms with Crippen molar-refractivity contribution in [3.8, 4) is 0 Å². The number of thiazole rings is 1. The van der Waals surface area contributed by atoms with Crippen molar-refractivity contribution < 1.29 is 4.79 Å². The number of hydrogen-bond acceptors (Lipinski definition) is 5. The number of piperidine rings is 1. The van der Waals surface area contributed by atoms with Gasteiger partial charge < -0.3 is 9.47 Å². The number of pyridine rings is 1. The van der Waals surface area contributed by atoms with Crippen molar-refractivity contribution >= 4 is 17.2 Å². The van der Waals surface area contributed by atoms with Crippen LogP contribution < -0.4 is 0 Å². The molecule has 4 heterocycles. The SMILES string of the molecule is O=C(Cc1ccccn1)N1CCC(c2nccn2Cc2cscn2)CC1. The van der Waals surface area contributed by atoms with Crippen LogP contribution in [0.25, 0.3) is 0 Å². The highest BCUT2D eigenvalue weighted by molar-refractivity contribution is 7.07. The zero-order valence-corrected chi connectivity index (χ0v) is 15.3. The Morgan fingerprint density at radius 3 is 2.73 bits per heavy atom. The van der Waals surface area contributed by atoms with Crippen LogP contribution in [0.4, 0.5) is 0 Å². The number of carbonyl (C=O) groups excluding carboxylic acids is 1. The summed E-state index contributed by atoms with van der Waals surface area (Å²) in [6, 6.07) is 5.69. The summed E-state index contributed by atoms with van der Waals surface area (Å²) in [5.41, 5.74) is 3.76. The largest absolute Gasteiger partial charge is 0.342 e. The normalized spacial score (nSPS) is 15.3. The van der Waals surface area contributed by atoms with Crippen molar-refractivity contribution in [3.05, 3.63) is 64.9 Å². The highest BCUT2D eigenvalue weighted by Crippen LogP contribution is 2.27. The summed E-state index contributed by atoms with van der Waals surface area (Å²) >= 11 is 1.61. The van der Waals surface area contributed by atoms with Gasteiger partial charge in [0, 0.05) is 48.7 Å². The average molecular weight is 367 g/mol. The topological polar surface area (TPSA) is 63.9 Å². The molecule has 0 unspecified atom stereocenters. The third-order valence-corrected chi connectivity index (χ3v) is 5.47. The number of rotatable bonds is 5. The van der Waals surface area contributed by atoms with E-state index in [4.69, 9.17) is 0 Å². The molecular weight excluding hydrogens is 346 g/mol. The van der Waals surface area contributed by atoms with Gasteiger partial charge in [0.25, 0.3) is 0 Å². The van der Waals surface area contributed by atoms with E-state index in [9.17, 15) is 4.79 Å². The molecule has 0 N–H and O–H groups in total. The van der Waals surface area contributed by atoms with Crippen LogP contribution in [0, 0.1) is 0 Å². The third kappa shape index (κ3) is 3.83. The first kappa shape index (κ1) is 16.9. The van der Waals surface area contributed by atoms with Crippen LogP contribution in [0.1, 0.15) is 36.0 Å². The van der Waals surface area contributed by atoms with Crippen molar-refractivity contribution in [1.82, 2.24) is 24.4 Å². The fraction of sp³-hybridized carbons (Fsp3) is 0.368. The van der Waals surface area contributed by atoms with Crippen LogP contribution in [0.3, 0.4) is 0 Å². The molecule has 26 heavy (non-hydrogen) atoms. The molecule has 0 aromatic carbocycles. The quantitative estimate of drug-likeness (QED) is 0.696. The Morgan fingerprint density at radius 1 is 1.12 bits per heavy atom. The lowest BCUT2D eigenvalue weighted by atomic mass is 9.95. The lowest BCUT2D eigenvalue weighted by Gasteiger charge is -2.32. The van der Waals surface area contributed by atoms with Crippen LogP contribution in [0.2, 0.25) is 0 Å². The Morgan fingerprint density at radius 2 is 2.00 bits per heavy atom. The molecule has 3 aromatic heterocycles. The molecule has 0 atom stereocenters. The van der Waals surface area contributed by atoms with E-state index in [-0.39, 0.29) is 5.91 Å². The van der Waals surface area contributed by atoms with Gasteiger partial charge in [-0.15, -0.1) is 11.3 Å². The van der Waals surface area contributed by atoms with Crippen LogP contribution in [0.5, 0.6) is 0 Å². The lowest BCUT2D eigenvalue weighted by Crippen LogP contribution is -2.39. The summed E-state index contributed by atoms with van der Waals surface area (Å²) in [7, 11) is 0. The van der Waals surface area contributed by atoms with Crippen molar-refractivity contribution in [1.29, 1.82) is 0 Å². The summed E-state index contributed by atoms with van der Waals surface area (Å²) in [4.78, 5) is 27.7. The first-order valence-electron chi connectivity index (χ1n) is 8.85. The van der Waals surface area contributed by atoms with Crippen LogP contribution in [0.15, 0.2) is 47.7 Å². The molecule has 7 heteroatoms. The standard InChI is InChI=1S/C19H21N5OS/c25-18(11-16-3-1-2-6-20-16)23-8-4-15(5-9-23)19-21-7-10-24(19)12-17-13-26-14-22-17/h1-3,6-7,10,13-15H,4-5,8-9,11-12H2. The highest BCUT2D eigenvalue weighted by atomic mass is 32.1. The molecule has 0 radical (unpaired) electrons. The maximum Gasteiger partial charge on any atom is 0.228 e. The van der Waals surface area contributed by atoms with E-state index < -0.39 is 0 Å². The van der Waals surface area contributed by atoms with Crippen molar-refractivity contribution in [3.63, 3.8) is 0 Å². The monoisotopic (exact) mass is 367 g/mol. The lowest BCUT2D eigenvalue weighted by molar-refractivity contribution is -0.131. The van der Waals surface area contributed by atoms with Crippen LogP contribution in [-0.2, 0) is 17.8 Å². The van der Waals surface area contributed by atoms with E-state index >= 15 is 0 Å². The number of imidazole rings is 1.